The number of imide groups is 1. The van der Waals surface area contributed by atoms with Crippen LogP contribution in [0, 0.1) is 0 Å². The van der Waals surface area contributed by atoms with Gasteiger partial charge in [-0.2, -0.15) is 0 Å². The molecule has 0 aromatic carbocycles. The second-order valence-electron chi connectivity index (χ2n) is 5.25. The molecule has 0 aliphatic heterocycles. The quantitative estimate of drug-likeness (QED) is 0.764. The Labute approximate surface area is 135 Å². The summed E-state index contributed by atoms with van der Waals surface area (Å²) in [6.45, 7) is 8.04. The summed E-state index contributed by atoms with van der Waals surface area (Å²) < 4.78 is 1.96. The first-order valence-corrected chi connectivity index (χ1v) is 8.03. The third-order valence-electron chi connectivity index (χ3n) is 2.79. The van der Waals surface area contributed by atoms with Crippen molar-refractivity contribution in [3.05, 3.63) is 0 Å². The van der Waals surface area contributed by atoms with Crippen molar-refractivity contribution in [3.63, 3.8) is 0 Å². The highest BCUT2D eigenvalue weighted by molar-refractivity contribution is 8.00. The molecular weight excluding hydrogens is 304 g/mol. The lowest BCUT2D eigenvalue weighted by molar-refractivity contribution is -0.119. The van der Waals surface area contributed by atoms with E-state index < -0.39 is 11.3 Å². The first-order chi connectivity index (χ1) is 10.3. The normalized spacial score (nSPS) is 12.1. The second kappa shape index (κ2) is 8.02. The third-order valence-corrected chi connectivity index (χ3v) is 3.85. The van der Waals surface area contributed by atoms with Crippen LogP contribution in [0.1, 0.15) is 33.7 Å². The topological polar surface area (TPSA) is 92.2 Å². The maximum Gasteiger partial charge on any atom is 0.321 e. The number of carbonyl (C=O) groups excluding carboxylic acids is 2. The minimum Gasteiger partial charge on any atom is -0.347 e. The highest BCUT2D eigenvalue weighted by atomic mass is 32.2. The fraction of sp³-hybridized carbons (Fsp3) is 0.692. The van der Waals surface area contributed by atoms with Gasteiger partial charge in [0.25, 0.3) is 0 Å². The molecule has 9 heteroatoms. The van der Waals surface area contributed by atoms with Crippen LogP contribution in [0.25, 0.3) is 0 Å². The maximum atomic E-state index is 12.0. The number of amides is 3. The summed E-state index contributed by atoms with van der Waals surface area (Å²) in [5.74, 6) is 0.370. The number of nitrogens with zero attached hydrogens (tertiary/aromatic N) is 4. The van der Waals surface area contributed by atoms with Crippen LogP contribution in [-0.2, 0) is 4.79 Å². The Balaban J connectivity index is 2.82. The lowest BCUT2D eigenvalue weighted by atomic mass is 10.4. The van der Waals surface area contributed by atoms with Gasteiger partial charge in [0.1, 0.15) is 0 Å². The Morgan fingerprint density at radius 2 is 1.91 bits per heavy atom. The van der Waals surface area contributed by atoms with Gasteiger partial charge in [-0.15, -0.1) is 10.2 Å². The van der Waals surface area contributed by atoms with E-state index in [-0.39, 0.29) is 11.9 Å². The third kappa shape index (κ3) is 4.62. The summed E-state index contributed by atoms with van der Waals surface area (Å²) in [6.07, 6.45) is 0. The van der Waals surface area contributed by atoms with Crippen LogP contribution in [0.5, 0.6) is 0 Å². The van der Waals surface area contributed by atoms with Crippen molar-refractivity contribution in [1.29, 1.82) is 0 Å². The molecule has 0 spiro atoms. The van der Waals surface area contributed by atoms with Crippen molar-refractivity contribution < 1.29 is 9.59 Å². The van der Waals surface area contributed by atoms with Crippen LogP contribution in [0.15, 0.2) is 5.16 Å². The van der Waals surface area contributed by atoms with Crippen LogP contribution in [0.3, 0.4) is 0 Å². The number of hydrogen-bond acceptors (Lipinski definition) is 6. The van der Waals surface area contributed by atoms with Crippen molar-refractivity contribution in [2.45, 2.75) is 44.1 Å². The largest absolute Gasteiger partial charge is 0.347 e. The van der Waals surface area contributed by atoms with Crippen LogP contribution >= 0.6 is 11.8 Å². The molecule has 2 N–H and O–H groups in total. The fourth-order valence-electron chi connectivity index (χ4n) is 1.74. The van der Waals surface area contributed by atoms with E-state index in [1.807, 2.05) is 37.4 Å². The molecule has 0 aliphatic carbocycles. The van der Waals surface area contributed by atoms with Gasteiger partial charge >= 0.3 is 6.03 Å². The number of urea groups is 1. The Bertz CT molecular complexity index is 529. The molecule has 0 aliphatic rings. The maximum absolute atomic E-state index is 12.0. The summed E-state index contributed by atoms with van der Waals surface area (Å²) in [6, 6.07) is -0.326. The van der Waals surface area contributed by atoms with Crippen molar-refractivity contribution in [2.24, 2.45) is 0 Å². The van der Waals surface area contributed by atoms with E-state index in [1.54, 1.807) is 13.8 Å². The summed E-state index contributed by atoms with van der Waals surface area (Å²) in [7, 11) is 3.78. The lowest BCUT2D eigenvalue weighted by Gasteiger charge is -2.18. The molecule has 0 fully saturated rings. The van der Waals surface area contributed by atoms with Gasteiger partial charge in [-0.05, 0) is 27.7 Å². The lowest BCUT2D eigenvalue weighted by Crippen LogP contribution is -2.42. The van der Waals surface area contributed by atoms with Gasteiger partial charge in [-0.25, -0.2) is 4.79 Å². The van der Waals surface area contributed by atoms with Gasteiger partial charge in [0.15, 0.2) is 5.16 Å². The molecule has 124 valence electrons. The molecular formula is C13H24N6O2S. The highest BCUT2D eigenvalue weighted by Gasteiger charge is 2.23. The zero-order valence-electron chi connectivity index (χ0n) is 13.9. The summed E-state index contributed by atoms with van der Waals surface area (Å²) >= 11 is 1.28. The Kier molecular flexibility index (Phi) is 6.66. The van der Waals surface area contributed by atoms with E-state index in [4.69, 9.17) is 0 Å². The van der Waals surface area contributed by atoms with E-state index in [2.05, 4.69) is 20.8 Å². The second-order valence-corrected chi connectivity index (χ2v) is 6.56. The molecule has 1 atom stereocenters. The van der Waals surface area contributed by atoms with Crippen molar-refractivity contribution in [3.8, 4) is 0 Å². The van der Waals surface area contributed by atoms with Gasteiger partial charge in [0.05, 0.1) is 5.25 Å². The van der Waals surface area contributed by atoms with Crippen LogP contribution in [0.4, 0.5) is 10.7 Å². The zero-order valence-corrected chi connectivity index (χ0v) is 14.7. The van der Waals surface area contributed by atoms with Gasteiger partial charge in [-0.3, -0.25) is 14.7 Å². The number of carbonyl (C=O) groups is 2. The van der Waals surface area contributed by atoms with Gasteiger partial charge in [0.2, 0.25) is 11.9 Å². The van der Waals surface area contributed by atoms with Gasteiger partial charge in [-0.1, -0.05) is 11.8 Å². The number of anilines is 1. The van der Waals surface area contributed by atoms with Gasteiger partial charge in [0, 0.05) is 26.7 Å². The molecule has 1 aromatic rings. The van der Waals surface area contributed by atoms with E-state index >= 15 is 0 Å². The standard InChI is InChI=1S/C13H24N6O2S/c1-7-14-11(21)15-10(20)9(4)22-13-17-16-12(18(5)6)19(13)8(2)3/h8-9H,7H2,1-6H3,(H2,14,15,20,21). The molecule has 1 unspecified atom stereocenters. The molecule has 22 heavy (non-hydrogen) atoms. The molecule has 1 heterocycles. The Morgan fingerprint density at radius 3 is 2.41 bits per heavy atom. The smallest absolute Gasteiger partial charge is 0.321 e. The molecule has 1 rings (SSSR count). The molecule has 1 aromatic heterocycles. The molecule has 0 radical (unpaired) electrons. The van der Waals surface area contributed by atoms with Gasteiger partial charge < -0.3 is 10.2 Å². The number of nitrogens with one attached hydrogen (secondary N) is 2. The SMILES string of the molecule is CCNC(=O)NC(=O)C(C)Sc1nnc(N(C)C)n1C(C)C. The van der Waals surface area contributed by atoms with E-state index in [0.717, 1.165) is 5.95 Å². The minimum absolute atomic E-state index is 0.161. The first-order valence-electron chi connectivity index (χ1n) is 7.15. The molecule has 0 saturated carbocycles. The molecule has 3 amide bonds. The Morgan fingerprint density at radius 1 is 1.27 bits per heavy atom. The van der Waals surface area contributed by atoms with E-state index in [9.17, 15) is 9.59 Å². The average molecular weight is 328 g/mol. The van der Waals surface area contributed by atoms with Crippen molar-refractivity contribution in [1.82, 2.24) is 25.4 Å². The first kappa shape index (κ1) is 18.3. The number of thioether (sulfide) groups is 1. The highest BCUT2D eigenvalue weighted by Crippen LogP contribution is 2.28. The van der Waals surface area contributed by atoms with Crippen LogP contribution < -0.4 is 15.5 Å². The number of hydrogen-bond donors (Lipinski definition) is 2. The summed E-state index contributed by atoms with van der Waals surface area (Å²) in [5.41, 5.74) is 0. The van der Waals surface area contributed by atoms with E-state index in [0.29, 0.717) is 11.7 Å². The zero-order chi connectivity index (χ0) is 16.9. The molecule has 0 saturated heterocycles. The average Bonchev–Trinajstić information content (AvgIpc) is 2.82. The predicted octanol–water partition coefficient (Wildman–Crippen LogP) is 1.25. The Hall–Kier alpha value is -1.77. The van der Waals surface area contributed by atoms with E-state index in [1.165, 1.54) is 11.8 Å². The fourth-order valence-corrected chi connectivity index (χ4v) is 2.71. The monoisotopic (exact) mass is 328 g/mol. The molecule has 0 bridgehead atoms. The van der Waals surface area contributed by atoms with Crippen molar-refractivity contribution in [2.75, 3.05) is 25.5 Å². The summed E-state index contributed by atoms with van der Waals surface area (Å²) in [4.78, 5) is 25.3. The number of aromatic nitrogens is 3. The van der Waals surface area contributed by atoms with Crippen molar-refractivity contribution >= 4 is 29.6 Å². The molecule has 8 nitrogen and oxygen atoms in total. The summed E-state index contributed by atoms with van der Waals surface area (Å²) in [5, 5.41) is 13.3. The predicted molar refractivity (Wildman–Crippen MR) is 87.3 cm³/mol. The number of rotatable bonds is 6. The minimum atomic E-state index is -0.487. The van der Waals surface area contributed by atoms with Crippen LogP contribution in [0.2, 0.25) is 0 Å². The van der Waals surface area contributed by atoms with Crippen LogP contribution in [-0.4, -0.2) is 52.6 Å².